The number of nitrogens with two attached hydrogens (primary N) is 1. The molecule has 0 aromatic carbocycles. The van der Waals surface area contributed by atoms with Crippen molar-refractivity contribution in [1.29, 1.82) is 0 Å². The number of nitrogens with zero attached hydrogens (tertiary/aromatic N) is 2. The highest BCUT2D eigenvalue weighted by molar-refractivity contribution is 9.10. The first kappa shape index (κ1) is 14.5. The molecule has 7 nitrogen and oxygen atoms in total. The zero-order valence-electron chi connectivity index (χ0n) is 10.9. The van der Waals surface area contributed by atoms with Gasteiger partial charge in [-0.05, 0) is 35.8 Å². The number of aromatic nitrogens is 2. The van der Waals surface area contributed by atoms with Crippen LogP contribution in [0.5, 0.6) is 0 Å². The van der Waals surface area contributed by atoms with Crippen LogP contribution in [0.2, 0.25) is 0 Å². The van der Waals surface area contributed by atoms with Crippen LogP contribution in [0.1, 0.15) is 27.5 Å². The normalized spacial score (nSPS) is 10.6. The Labute approximate surface area is 122 Å². The zero-order chi connectivity index (χ0) is 14.9. The van der Waals surface area contributed by atoms with Gasteiger partial charge in [0.25, 0.3) is 5.91 Å². The highest BCUT2D eigenvalue weighted by Gasteiger charge is 2.17. The maximum Gasteiger partial charge on any atom is 0.348 e. The van der Waals surface area contributed by atoms with Crippen LogP contribution in [0.25, 0.3) is 0 Å². The van der Waals surface area contributed by atoms with Crippen LogP contribution in [-0.2, 0) is 6.54 Å². The second-order valence-electron chi connectivity index (χ2n) is 4.20. The highest BCUT2D eigenvalue weighted by atomic mass is 79.9. The number of rotatable bonds is 3. The zero-order valence-corrected chi connectivity index (χ0v) is 12.5. The van der Waals surface area contributed by atoms with E-state index in [4.69, 9.17) is 10.3 Å². The summed E-state index contributed by atoms with van der Waals surface area (Å²) in [6.07, 6.45) is 1.37. The lowest BCUT2D eigenvalue weighted by atomic mass is 10.2. The lowest BCUT2D eigenvalue weighted by Crippen LogP contribution is -2.31. The summed E-state index contributed by atoms with van der Waals surface area (Å²) in [5, 5.41) is 0. The van der Waals surface area contributed by atoms with Gasteiger partial charge in [-0.3, -0.25) is 14.8 Å². The predicted octanol–water partition coefficient (Wildman–Crippen LogP) is 0.867. The second-order valence-corrected chi connectivity index (χ2v) is 4.99. The van der Waals surface area contributed by atoms with E-state index in [0.717, 1.165) is 4.47 Å². The number of carbonyl (C=O) groups excluding carboxylic acids is 1. The van der Waals surface area contributed by atoms with Crippen LogP contribution in [0.3, 0.4) is 0 Å². The number of hydrazine groups is 1. The van der Waals surface area contributed by atoms with Crippen LogP contribution in [0.15, 0.2) is 26.0 Å². The minimum atomic E-state index is -0.474. The van der Waals surface area contributed by atoms with Gasteiger partial charge in [0.15, 0.2) is 0 Å². The van der Waals surface area contributed by atoms with E-state index in [2.05, 4.69) is 20.9 Å². The molecule has 8 heteroatoms. The van der Waals surface area contributed by atoms with Crippen molar-refractivity contribution >= 4 is 21.8 Å². The number of aryl methyl sites for hydroxylation is 1. The first-order chi connectivity index (χ1) is 9.45. The summed E-state index contributed by atoms with van der Waals surface area (Å²) >= 11 is 3.38. The molecule has 2 rings (SSSR count). The molecule has 0 bridgehead atoms. The molecule has 0 saturated carbocycles. The van der Waals surface area contributed by atoms with Crippen molar-refractivity contribution in [3.05, 3.63) is 50.0 Å². The van der Waals surface area contributed by atoms with Crippen molar-refractivity contribution in [1.82, 2.24) is 15.0 Å². The van der Waals surface area contributed by atoms with Crippen molar-refractivity contribution in [3.8, 4) is 0 Å². The molecule has 2 heterocycles. The summed E-state index contributed by atoms with van der Waals surface area (Å²) in [5.74, 6) is 4.97. The Bertz CT molecular complexity index is 720. The lowest BCUT2D eigenvalue weighted by molar-refractivity contribution is 0.0951. The first-order valence-electron chi connectivity index (χ1n) is 5.76. The Morgan fingerprint density at radius 1 is 1.55 bits per heavy atom. The van der Waals surface area contributed by atoms with E-state index < -0.39 is 11.6 Å². The van der Waals surface area contributed by atoms with Crippen molar-refractivity contribution in [2.24, 2.45) is 5.84 Å². The fourth-order valence-corrected chi connectivity index (χ4v) is 2.15. The van der Waals surface area contributed by atoms with Gasteiger partial charge in [-0.15, -0.1) is 0 Å². The topological polar surface area (TPSA) is 103 Å². The quantitative estimate of drug-likeness (QED) is 0.490. The molecule has 3 N–H and O–H groups in total. The van der Waals surface area contributed by atoms with Gasteiger partial charge in [-0.1, -0.05) is 0 Å². The number of nitrogen functional groups attached to an aromatic ring is 1. The van der Waals surface area contributed by atoms with Gasteiger partial charge >= 0.3 is 5.69 Å². The number of carbonyl (C=O) groups is 1. The second kappa shape index (κ2) is 5.59. The molecule has 0 fully saturated rings. The van der Waals surface area contributed by atoms with Crippen LogP contribution in [-0.4, -0.2) is 15.5 Å². The molecule has 1 amide bonds. The number of furan rings is 1. The van der Waals surface area contributed by atoms with E-state index in [1.807, 2.05) is 5.43 Å². The average Bonchev–Trinajstić information content (AvgIpc) is 2.88. The number of amides is 1. The van der Waals surface area contributed by atoms with Crippen LogP contribution in [0.4, 0.5) is 0 Å². The van der Waals surface area contributed by atoms with Crippen molar-refractivity contribution in [2.45, 2.75) is 20.4 Å². The smallest absolute Gasteiger partial charge is 0.348 e. The first-order valence-corrected chi connectivity index (χ1v) is 6.55. The molecule has 0 atom stereocenters. The summed E-state index contributed by atoms with van der Waals surface area (Å²) < 4.78 is 7.42. The fourth-order valence-electron chi connectivity index (χ4n) is 1.85. The summed E-state index contributed by atoms with van der Waals surface area (Å²) in [7, 11) is 0. The van der Waals surface area contributed by atoms with Crippen LogP contribution < -0.4 is 17.0 Å². The molecule has 2 aromatic heterocycles. The Morgan fingerprint density at radius 2 is 2.25 bits per heavy atom. The summed E-state index contributed by atoms with van der Waals surface area (Å²) in [5.41, 5.74) is 3.24. The van der Waals surface area contributed by atoms with Gasteiger partial charge in [0.05, 0.1) is 28.5 Å². The maximum atomic E-state index is 12.0. The fraction of sp³-hybridized carbons (Fsp3) is 0.250. The monoisotopic (exact) mass is 340 g/mol. The molecule has 0 aliphatic carbocycles. The molecule has 0 aliphatic heterocycles. The van der Waals surface area contributed by atoms with Crippen molar-refractivity contribution in [2.75, 3.05) is 0 Å². The van der Waals surface area contributed by atoms with E-state index in [-0.39, 0.29) is 12.1 Å². The molecule has 106 valence electrons. The van der Waals surface area contributed by atoms with E-state index >= 15 is 0 Å². The number of halogens is 1. The molecular formula is C12H13BrN4O3. The Balaban J connectivity index is 2.47. The van der Waals surface area contributed by atoms with Gasteiger partial charge in [-0.25, -0.2) is 10.6 Å². The summed E-state index contributed by atoms with van der Waals surface area (Å²) in [6.45, 7) is 3.63. The van der Waals surface area contributed by atoms with Gasteiger partial charge < -0.3 is 4.42 Å². The SMILES string of the molecule is Cc1nc(=O)n(Cc2occc2C(=O)NN)c(C)c1Br. The van der Waals surface area contributed by atoms with Gasteiger partial charge in [0.2, 0.25) is 0 Å². The third-order valence-corrected chi connectivity index (χ3v) is 4.10. The lowest BCUT2D eigenvalue weighted by Gasteiger charge is -2.11. The van der Waals surface area contributed by atoms with Crippen molar-refractivity contribution in [3.63, 3.8) is 0 Å². The maximum absolute atomic E-state index is 12.0. The minimum Gasteiger partial charge on any atom is -0.467 e. The minimum absolute atomic E-state index is 0.103. The van der Waals surface area contributed by atoms with Gasteiger partial charge in [0, 0.05) is 5.69 Å². The van der Waals surface area contributed by atoms with Crippen molar-refractivity contribution < 1.29 is 9.21 Å². The Kier molecular flexibility index (Phi) is 4.05. The highest BCUT2D eigenvalue weighted by Crippen LogP contribution is 2.19. The summed E-state index contributed by atoms with van der Waals surface area (Å²) in [6, 6.07) is 1.49. The van der Waals surface area contributed by atoms with Gasteiger partial charge in [-0.2, -0.15) is 4.98 Å². The molecular weight excluding hydrogens is 328 g/mol. The third kappa shape index (κ3) is 2.52. The van der Waals surface area contributed by atoms with Gasteiger partial charge in [0.1, 0.15) is 5.76 Å². The molecule has 2 aromatic rings. The Morgan fingerprint density at radius 3 is 2.90 bits per heavy atom. The standard InChI is InChI=1S/C12H13BrN4O3/c1-6-10(13)7(2)17(12(19)15-6)5-9-8(3-4-20-9)11(18)16-14/h3-4H,5,14H2,1-2H3,(H,16,18). The molecule has 0 unspecified atom stereocenters. The number of hydrogen-bond donors (Lipinski definition) is 2. The average molecular weight is 341 g/mol. The van der Waals surface area contributed by atoms with Crippen LogP contribution >= 0.6 is 15.9 Å². The van der Waals surface area contributed by atoms with E-state index in [1.165, 1.54) is 16.9 Å². The Hall–Kier alpha value is -1.93. The third-order valence-electron chi connectivity index (χ3n) is 2.96. The van der Waals surface area contributed by atoms with E-state index in [1.54, 1.807) is 13.8 Å². The predicted molar refractivity (Wildman–Crippen MR) is 75.1 cm³/mol. The number of nitrogens with one attached hydrogen (secondary N) is 1. The molecule has 0 radical (unpaired) electrons. The van der Waals surface area contributed by atoms with E-state index in [0.29, 0.717) is 17.1 Å². The summed E-state index contributed by atoms with van der Waals surface area (Å²) in [4.78, 5) is 27.4. The van der Waals surface area contributed by atoms with E-state index in [9.17, 15) is 9.59 Å². The number of hydrogen-bond acceptors (Lipinski definition) is 5. The largest absolute Gasteiger partial charge is 0.467 e. The molecule has 20 heavy (non-hydrogen) atoms. The molecule has 0 aliphatic rings. The van der Waals surface area contributed by atoms with Crippen LogP contribution in [0, 0.1) is 13.8 Å². The molecule has 0 saturated heterocycles. The molecule has 0 spiro atoms.